The second-order valence-corrected chi connectivity index (χ2v) is 8.81. The third kappa shape index (κ3) is 6.85. The van der Waals surface area contributed by atoms with Crippen molar-refractivity contribution in [3.8, 4) is 6.07 Å². The fourth-order valence-electron chi connectivity index (χ4n) is 4.53. The largest absolute Gasteiger partial charge is 0.329 e. The fraction of sp³-hybridized carbons (Fsp3) is 0.370. The molecule has 1 fully saturated rings. The summed E-state index contributed by atoms with van der Waals surface area (Å²) >= 11 is 0. The zero-order valence-corrected chi connectivity index (χ0v) is 21.9. The van der Waals surface area contributed by atoms with Crippen LogP contribution in [0, 0.1) is 18.3 Å². The predicted octanol–water partition coefficient (Wildman–Crippen LogP) is 5.36. The summed E-state index contributed by atoms with van der Waals surface area (Å²) in [7, 11) is 0. The maximum Gasteiger partial charge on any atom is 0.241 e. The van der Waals surface area contributed by atoms with Crippen molar-refractivity contribution in [2.75, 3.05) is 18.0 Å². The molecule has 186 valence electrons. The molecule has 6 nitrogen and oxygen atoms in total. The SMILES string of the molecule is CCCCC1CN(c2ccccc2C)C(=O)CN1Cc1cncn1Cc1ccc(C#N)cc1.Cl.Cl. The maximum atomic E-state index is 13.2. The number of aromatic nitrogens is 2. The van der Waals surface area contributed by atoms with Crippen molar-refractivity contribution in [2.24, 2.45) is 0 Å². The Bertz CT molecular complexity index is 1140. The van der Waals surface area contributed by atoms with E-state index in [1.54, 1.807) is 0 Å². The Morgan fingerprint density at radius 1 is 1.09 bits per heavy atom. The number of para-hydroxylation sites is 1. The van der Waals surface area contributed by atoms with Gasteiger partial charge in [-0.2, -0.15) is 5.26 Å². The number of unbranched alkanes of at least 4 members (excludes halogenated alkanes) is 1. The summed E-state index contributed by atoms with van der Waals surface area (Å²) in [6.45, 7) is 6.79. The monoisotopic (exact) mass is 513 g/mol. The molecule has 3 aromatic rings. The lowest BCUT2D eigenvalue weighted by molar-refractivity contribution is -0.122. The lowest BCUT2D eigenvalue weighted by atomic mass is 10.0. The highest BCUT2D eigenvalue weighted by atomic mass is 35.5. The van der Waals surface area contributed by atoms with Crippen molar-refractivity contribution in [3.63, 3.8) is 0 Å². The normalized spacial score (nSPS) is 15.7. The van der Waals surface area contributed by atoms with E-state index in [9.17, 15) is 4.79 Å². The van der Waals surface area contributed by atoms with E-state index in [1.807, 2.05) is 59.9 Å². The Morgan fingerprint density at radius 3 is 2.51 bits per heavy atom. The molecule has 0 spiro atoms. The van der Waals surface area contributed by atoms with Crippen LogP contribution in [0.25, 0.3) is 0 Å². The zero-order chi connectivity index (χ0) is 23.2. The van der Waals surface area contributed by atoms with E-state index in [1.165, 1.54) is 0 Å². The van der Waals surface area contributed by atoms with E-state index in [0.717, 1.165) is 41.8 Å². The van der Waals surface area contributed by atoms with Gasteiger partial charge in [0.2, 0.25) is 5.91 Å². The van der Waals surface area contributed by atoms with Crippen LogP contribution in [0.1, 0.15) is 48.6 Å². The van der Waals surface area contributed by atoms with E-state index >= 15 is 0 Å². The topological polar surface area (TPSA) is 65.2 Å². The van der Waals surface area contributed by atoms with E-state index in [0.29, 0.717) is 37.8 Å². The summed E-state index contributed by atoms with van der Waals surface area (Å²) in [6, 6.07) is 18.3. The number of hydrogen-bond acceptors (Lipinski definition) is 4. The predicted molar refractivity (Wildman–Crippen MR) is 144 cm³/mol. The molecule has 2 heterocycles. The van der Waals surface area contributed by atoms with Gasteiger partial charge in [-0.05, 0) is 42.7 Å². The summed E-state index contributed by atoms with van der Waals surface area (Å²) in [5.74, 6) is 0.148. The molecule has 0 N–H and O–H groups in total. The Morgan fingerprint density at radius 2 is 1.83 bits per heavy atom. The van der Waals surface area contributed by atoms with Gasteiger partial charge in [0.05, 0.1) is 30.2 Å². The van der Waals surface area contributed by atoms with Crippen LogP contribution in [-0.4, -0.2) is 39.5 Å². The van der Waals surface area contributed by atoms with Gasteiger partial charge >= 0.3 is 0 Å². The highest BCUT2D eigenvalue weighted by Crippen LogP contribution is 2.26. The van der Waals surface area contributed by atoms with Gasteiger partial charge in [-0.1, -0.05) is 50.1 Å². The Hall–Kier alpha value is -2.85. The van der Waals surface area contributed by atoms with E-state index in [2.05, 4.69) is 40.4 Å². The molecule has 1 aliphatic heterocycles. The molecule has 1 aromatic heterocycles. The summed E-state index contributed by atoms with van der Waals surface area (Å²) in [5.41, 5.74) is 5.03. The number of imidazole rings is 1. The third-order valence-electron chi connectivity index (χ3n) is 6.45. The number of carbonyl (C=O) groups excluding carboxylic acids is 1. The molecule has 0 bridgehead atoms. The quantitative estimate of drug-likeness (QED) is 0.406. The standard InChI is InChI=1S/C27H31N5O.2ClH/c1-3-4-8-24-18-32(26-9-6-5-7-21(26)2)27(33)19-30(24)17-25-15-29-20-31(25)16-23-12-10-22(14-28)11-13-23;;/h5-7,9-13,15,20,24H,3-4,8,16-19H2,1-2H3;2*1H. The second-order valence-electron chi connectivity index (χ2n) is 8.81. The lowest BCUT2D eigenvalue weighted by Crippen LogP contribution is -2.56. The highest BCUT2D eigenvalue weighted by Gasteiger charge is 2.33. The van der Waals surface area contributed by atoms with Crippen LogP contribution in [0.15, 0.2) is 61.1 Å². The molecule has 1 unspecified atom stereocenters. The zero-order valence-electron chi connectivity index (χ0n) is 20.3. The molecule has 1 saturated heterocycles. The van der Waals surface area contributed by atoms with Crippen LogP contribution in [0.4, 0.5) is 5.69 Å². The number of nitrogens with zero attached hydrogens (tertiary/aromatic N) is 5. The van der Waals surface area contributed by atoms with E-state index < -0.39 is 0 Å². The molecule has 8 heteroatoms. The minimum atomic E-state index is 0. The van der Waals surface area contributed by atoms with Crippen LogP contribution in [0.3, 0.4) is 0 Å². The first kappa shape index (κ1) is 28.4. The van der Waals surface area contributed by atoms with Crippen molar-refractivity contribution in [1.82, 2.24) is 14.5 Å². The smallest absolute Gasteiger partial charge is 0.241 e. The van der Waals surface area contributed by atoms with E-state index in [4.69, 9.17) is 5.26 Å². The van der Waals surface area contributed by atoms with Gasteiger partial charge in [0, 0.05) is 37.6 Å². The second kappa shape index (κ2) is 13.3. The number of amides is 1. The van der Waals surface area contributed by atoms with Crippen LogP contribution in [0.5, 0.6) is 0 Å². The molecule has 0 aliphatic carbocycles. The highest BCUT2D eigenvalue weighted by molar-refractivity contribution is 5.96. The van der Waals surface area contributed by atoms with Crippen molar-refractivity contribution in [1.29, 1.82) is 5.26 Å². The summed E-state index contributed by atoms with van der Waals surface area (Å²) in [5, 5.41) is 9.02. The summed E-state index contributed by atoms with van der Waals surface area (Å²) in [6.07, 6.45) is 7.09. The molecule has 0 radical (unpaired) electrons. The minimum Gasteiger partial charge on any atom is -0.329 e. The molecule has 2 aromatic carbocycles. The van der Waals surface area contributed by atoms with Crippen LogP contribution in [-0.2, 0) is 17.9 Å². The first-order valence-electron chi connectivity index (χ1n) is 11.7. The van der Waals surface area contributed by atoms with Gasteiger partial charge < -0.3 is 9.47 Å². The minimum absolute atomic E-state index is 0. The molecule has 0 saturated carbocycles. The first-order chi connectivity index (χ1) is 16.1. The molecule has 4 rings (SSSR count). The van der Waals surface area contributed by atoms with Crippen LogP contribution >= 0.6 is 24.8 Å². The molecule has 35 heavy (non-hydrogen) atoms. The number of carbonyl (C=O) groups is 1. The molecule has 1 amide bonds. The number of benzene rings is 2. The number of nitriles is 1. The van der Waals surface area contributed by atoms with Gasteiger partial charge in [-0.25, -0.2) is 4.98 Å². The van der Waals surface area contributed by atoms with Gasteiger partial charge in [0.1, 0.15) is 0 Å². The maximum absolute atomic E-state index is 13.2. The number of anilines is 1. The van der Waals surface area contributed by atoms with Crippen LogP contribution < -0.4 is 4.90 Å². The average molecular weight is 515 g/mol. The number of rotatable bonds is 8. The van der Waals surface area contributed by atoms with Crippen molar-refractivity contribution >= 4 is 36.4 Å². The Balaban J connectivity index is 0.00000216. The van der Waals surface area contributed by atoms with Crippen molar-refractivity contribution in [3.05, 3.63) is 83.4 Å². The lowest BCUT2D eigenvalue weighted by Gasteiger charge is -2.41. The fourth-order valence-corrected chi connectivity index (χ4v) is 4.53. The average Bonchev–Trinajstić information content (AvgIpc) is 3.26. The van der Waals surface area contributed by atoms with Gasteiger partial charge in [-0.3, -0.25) is 9.69 Å². The number of halogens is 2. The Labute approximate surface area is 220 Å². The number of aryl methyl sites for hydroxylation is 1. The Kier molecular flexibility index (Phi) is 10.8. The molecular weight excluding hydrogens is 481 g/mol. The van der Waals surface area contributed by atoms with Gasteiger partial charge in [-0.15, -0.1) is 24.8 Å². The van der Waals surface area contributed by atoms with Crippen LogP contribution in [0.2, 0.25) is 0 Å². The first-order valence-corrected chi connectivity index (χ1v) is 11.7. The molecular formula is C27H33Cl2N5O. The third-order valence-corrected chi connectivity index (χ3v) is 6.45. The number of hydrogen-bond donors (Lipinski definition) is 0. The van der Waals surface area contributed by atoms with E-state index in [-0.39, 0.29) is 30.7 Å². The number of piperazine rings is 1. The molecule has 1 atom stereocenters. The molecule has 1 aliphatic rings. The summed E-state index contributed by atoms with van der Waals surface area (Å²) < 4.78 is 2.14. The van der Waals surface area contributed by atoms with Gasteiger partial charge in [0.25, 0.3) is 0 Å². The van der Waals surface area contributed by atoms with Crippen molar-refractivity contribution in [2.45, 2.75) is 52.2 Å². The summed E-state index contributed by atoms with van der Waals surface area (Å²) in [4.78, 5) is 21.9. The van der Waals surface area contributed by atoms with Crippen molar-refractivity contribution < 1.29 is 4.79 Å². The van der Waals surface area contributed by atoms with Gasteiger partial charge in [0.15, 0.2) is 0 Å².